The Morgan fingerprint density at radius 1 is 1.71 bits per heavy atom. The molecule has 3 nitrogen and oxygen atoms in total. The molecule has 0 spiro atoms. The van der Waals surface area contributed by atoms with Gasteiger partial charge >= 0.3 is 0 Å². The van der Waals surface area contributed by atoms with Gasteiger partial charge in [0.05, 0.1) is 6.61 Å². The van der Waals surface area contributed by atoms with Crippen LogP contribution in [0.15, 0.2) is 0 Å². The molecule has 42 valence electrons. The van der Waals surface area contributed by atoms with Crippen molar-refractivity contribution in [3.05, 3.63) is 0 Å². The van der Waals surface area contributed by atoms with Gasteiger partial charge in [0.1, 0.15) is 13.0 Å². The van der Waals surface area contributed by atoms with Gasteiger partial charge in [-0.2, -0.15) is 0 Å². The van der Waals surface area contributed by atoms with Gasteiger partial charge in [-0.15, -0.1) is 0 Å². The Morgan fingerprint density at radius 3 is 2.86 bits per heavy atom. The molecule has 0 aromatic carbocycles. The summed E-state index contributed by atoms with van der Waals surface area (Å²) in [5, 5.41) is 2.92. The van der Waals surface area contributed by atoms with Crippen LogP contribution in [-0.2, 0) is 9.47 Å². The van der Waals surface area contributed by atoms with Gasteiger partial charge in [0.25, 0.3) is 0 Å². The van der Waals surface area contributed by atoms with Gasteiger partial charge in [0.2, 0.25) is 0 Å². The van der Waals surface area contributed by atoms with Crippen LogP contribution in [0, 0.1) is 0 Å². The molecule has 0 aromatic rings. The average molecular weight is 103 g/mol. The molecule has 1 atom stereocenters. The van der Waals surface area contributed by atoms with Crippen LogP contribution in [0.3, 0.4) is 0 Å². The summed E-state index contributed by atoms with van der Waals surface area (Å²) in [7, 11) is 1.85. The quantitative estimate of drug-likeness (QED) is 0.487. The monoisotopic (exact) mass is 103 g/mol. The Labute approximate surface area is 42.6 Å². The lowest BCUT2D eigenvalue weighted by Gasteiger charge is -2.01. The van der Waals surface area contributed by atoms with Gasteiger partial charge in [-0.1, -0.05) is 0 Å². The average Bonchev–Trinajstić information content (AvgIpc) is 2.14. The van der Waals surface area contributed by atoms with Gasteiger partial charge < -0.3 is 9.47 Å². The summed E-state index contributed by atoms with van der Waals surface area (Å²) in [5.74, 6) is 0. The molecule has 0 aromatic heterocycles. The zero-order valence-corrected chi connectivity index (χ0v) is 4.31. The highest BCUT2D eigenvalue weighted by Crippen LogP contribution is 1.96. The highest BCUT2D eigenvalue weighted by Gasteiger charge is 2.11. The summed E-state index contributed by atoms with van der Waals surface area (Å²) in [6.45, 7) is 1.11. The van der Waals surface area contributed by atoms with E-state index in [9.17, 15) is 0 Å². The molecule has 1 unspecified atom stereocenters. The molecule has 7 heavy (non-hydrogen) atoms. The largest absolute Gasteiger partial charge is 0.351 e. The van der Waals surface area contributed by atoms with Crippen LogP contribution >= 0.6 is 0 Å². The molecule has 0 aliphatic carbocycles. The maximum atomic E-state index is 4.97. The third-order valence-corrected chi connectivity index (χ3v) is 0.944. The summed E-state index contributed by atoms with van der Waals surface area (Å²) in [6.07, 6.45) is 0.125. The first kappa shape index (κ1) is 5.03. The van der Waals surface area contributed by atoms with Crippen LogP contribution in [0.25, 0.3) is 0 Å². The predicted molar refractivity (Wildman–Crippen MR) is 24.8 cm³/mol. The standard InChI is InChI=1S/C4H9NO2/c1-5-4-2-6-3-7-4/h4-5H,2-3H2,1H3. The Kier molecular flexibility index (Phi) is 1.62. The van der Waals surface area contributed by atoms with Crippen LogP contribution < -0.4 is 5.32 Å². The Hall–Kier alpha value is -0.120. The van der Waals surface area contributed by atoms with Crippen LogP contribution in [0.1, 0.15) is 0 Å². The summed E-state index contributed by atoms with van der Waals surface area (Å²) < 4.78 is 9.83. The smallest absolute Gasteiger partial charge is 0.149 e. The maximum Gasteiger partial charge on any atom is 0.149 e. The fourth-order valence-electron chi connectivity index (χ4n) is 0.500. The molecule has 1 N–H and O–H groups in total. The molecule has 1 rings (SSSR count). The van der Waals surface area contributed by atoms with Crippen molar-refractivity contribution >= 4 is 0 Å². The second kappa shape index (κ2) is 2.26. The van der Waals surface area contributed by atoms with E-state index in [1.54, 1.807) is 0 Å². The fraction of sp³-hybridized carbons (Fsp3) is 1.00. The van der Waals surface area contributed by atoms with E-state index in [4.69, 9.17) is 9.47 Å². The number of likely N-dealkylation sites (N-methyl/N-ethyl adjacent to an activating group) is 1. The third kappa shape index (κ3) is 1.12. The molecule has 1 heterocycles. The highest BCUT2D eigenvalue weighted by atomic mass is 16.7. The topological polar surface area (TPSA) is 30.5 Å². The van der Waals surface area contributed by atoms with E-state index in [-0.39, 0.29) is 6.23 Å². The molecule has 3 heteroatoms. The molecule has 1 saturated heterocycles. The van der Waals surface area contributed by atoms with Crippen LogP contribution in [0.4, 0.5) is 0 Å². The second-order valence-corrected chi connectivity index (χ2v) is 1.43. The molecular weight excluding hydrogens is 94.0 g/mol. The van der Waals surface area contributed by atoms with Gasteiger partial charge in [0.15, 0.2) is 0 Å². The SMILES string of the molecule is CNC1COCO1. The van der Waals surface area contributed by atoms with E-state index < -0.39 is 0 Å². The van der Waals surface area contributed by atoms with Crippen molar-refractivity contribution in [3.8, 4) is 0 Å². The van der Waals surface area contributed by atoms with Crippen molar-refractivity contribution in [1.29, 1.82) is 0 Å². The minimum Gasteiger partial charge on any atom is -0.351 e. The van der Waals surface area contributed by atoms with Gasteiger partial charge in [-0.3, -0.25) is 5.32 Å². The number of hydrogen-bond acceptors (Lipinski definition) is 3. The lowest BCUT2D eigenvalue weighted by molar-refractivity contribution is 0.0396. The third-order valence-electron chi connectivity index (χ3n) is 0.944. The lowest BCUT2D eigenvalue weighted by Crippen LogP contribution is -2.26. The molecule has 0 saturated carbocycles. The molecule has 0 radical (unpaired) electrons. The lowest BCUT2D eigenvalue weighted by atomic mass is 10.6. The van der Waals surface area contributed by atoms with Crippen LogP contribution in [0.2, 0.25) is 0 Å². The van der Waals surface area contributed by atoms with Crippen molar-refractivity contribution in [3.63, 3.8) is 0 Å². The minimum absolute atomic E-state index is 0.125. The molecule has 0 amide bonds. The summed E-state index contributed by atoms with van der Waals surface area (Å²) in [6, 6.07) is 0. The zero-order valence-electron chi connectivity index (χ0n) is 4.31. The van der Waals surface area contributed by atoms with Crippen molar-refractivity contribution in [2.24, 2.45) is 0 Å². The van der Waals surface area contributed by atoms with E-state index in [0.717, 1.165) is 0 Å². The van der Waals surface area contributed by atoms with Gasteiger partial charge in [-0.05, 0) is 7.05 Å². The Bertz CT molecular complexity index is 51.7. The highest BCUT2D eigenvalue weighted by molar-refractivity contribution is 4.50. The molecular formula is C4H9NO2. The van der Waals surface area contributed by atoms with E-state index in [1.165, 1.54) is 0 Å². The van der Waals surface area contributed by atoms with Crippen LogP contribution in [-0.4, -0.2) is 26.7 Å². The Balaban J connectivity index is 2.14. The normalized spacial score (nSPS) is 31.3. The fourth-order valence-corrected chi connectivity index (χ4v) is 0.500. The second-order valence-electron chi connectivity index (χ2n) is 1.43. The first-order chi connectivity index (χ1) is 3.43. The first-order valence-corrected chi connectivity index (χ1v) is 2.30. The van der Waals surface area contributed by atoms with Crippen molar-refractivity contribution in [2.75, 3.05) is 20.4 Å². The molecule has 0 bridgehead atoms. The zero-order chi connectivity index (χ0) is 5.11. The maximum absolute atomic E-state index is 4.97. The summed E-state index contributed by atoms with van der Waals surface area (Å²) >= 11 is 0. The van der Waals surface area contributed by atoms with E-state index in [0.29, 0.717) is 13.4 Å². The predicted octanol–water partition coefficient (Wildman–Crippen LogP) is -0.464. The molecule has 1 aliphatic heterocycles. The van der Waals surface area contributed by atoms with Crippen molar-refractivity contribution in [1.82, 2.24) is 5.32 Å². The molecule has 1 aliphatic rings. The number of nitrogens with one attached hydrogen (secondary N) is 1. The van der Waals surface area contributed by atoms with Crippen molar-refractivity contribution < 1.29 is 9.47 Å². The van der Waals surface area contributed by atoms with E-state index >= 15 is 0 Å². The number of hydrogen-bond donors (Lipinski definition) is 1. The van der Waals surface area contributed by atoms with Crippen LogP contribution in [0.5, 0.6) is 0 Å². The first-order valence-electron chi connectivity index (χ1n) is 2.30. The number of ether oxygens (including phenoxy) is 2. The van der Waals surface area contributed by atoms with E-state index in [1.807, 2.05) is 7.05 Å². The molecule has 1 fully saturated rings. The Morgan fingerprint density at radius 2 is 2.57 bits per heavy atom. The van der Waals surface area contributed by atoms with E-state index in [2.05, 4.69) is 5.32 Å². The number of rotatable bonds is 1. The van der Waals surface area contributed by atoms with Gasteiger partial charge in [0, 0.05) is 0 Å². The van der Waals surface area contributed by atoms with Gasteiger partial charge in [-0.25, -0.2) is 0 Å². The minimum atomic E-state index is 0.125. The van der Waals surface area contributed by atoms with Crippen molar-refractivity contribution in [2.45, 2.75) is 6.23 Å². The summed E-state index contributed by atoms with van der Waals surface area (Å²) in [5.41, 5.74) is 0. The summed E-state index contributed by atoms with van der Waals surface area (Å²) in [4.78, 5) is 0.